The van der Waals surface area contributed by atoms with Gasteiger partial charge in [-0.1, -0.05) is 32.0 Å². The van der Waals surface area contributed by atoms with E-state index in [2.05, 4.69) is 6.07 Å². The lowest BCUT2D eigenvalue weighted by molar-refractivity contribution is -0.384. The van der Waals surface area contributed by atoms with Crippen LogP contribution in [0.3, 0.4) is 0 Å². The molecule has 0 aromatic heterocycles. The summed E-state index contributed by atoms with van der Waals surface area (Å²) >= 11 is 0. The van der Waals surface area contributed by atoms with E-state index in [1.807, 2.05) is 45.0 Å². The molecule has 174 valence electrons. The quantitative estimate of drug-likeness (QED) is 0.497. The number of anilines is 1. The summed E-state index contributed by atoms with van der Waals surface area (Å²) in [5.41, 5.74) is 8.80. The Bertz CT molecular complexity index is 1270. The molecule has 1 heterocycles. The van der Waals surface area contributed by atoms with Crippen molar-refractivity contribution in [3.05, 3.63) is 86.9 Å². The first kappa shape index (κ1) is 23.1. The molecule has 8 heteroatoms. The van der Waals surface area contributed by atoms with Crippen LogP contribution in [0.1, 0.15) is 45.1 Å². The number of carbonyl (C=O) groups excluding carboxylic acids is 1. The lowest BCUT2D eigenvalue weighted by Crippen LogP contribution is -2.42. The van der Waals surface area contributed by atoms with Gasteiger partial charge in [0.2, 0.25) is 0 Å². The number of nitrogens with zero attached hydrogens (tertiary/aromatic N) is 3. The maximum Gasteiger partial charge on any atom is 0.271 e. The predicted octanol–water partition coefficient (Wildman–Crippen LogP) is 4.93. The van der Waals surface area contributed by atoms with E-state index in [0.29, 0.717) is 42.2 Å². The Balaban J connectivity index is 1.94. The standard InChI is InChI=1S/C26H26N4O4/c1-4-34-19-10-8-16(9-11-19)23-20(15-27)25(28)29(17-6-5-7-18(12-17)30(32)33)21-13-26(2,3)14-22(31)24(21)23/h5-12,23H,4,13-14,28H2,1-3H3/t23-/m0/s1. The number of allylic oxidation sites excluding steroid dienone is 3. The van der Waals surface area contributed by atoms with E-state index in [1.54, 1.807) is 17.0 Å². The van der Waals surface area contributed by atoms with Crippen LogP contribution < -0.4 is 15.4 Å². The smallest absolute Gasteiger partial charge is 0.271 e. The summed E-state index contributed by atoms with van der Waals surface area (Å²) in [7, 11) is 0. The number of hydrogen-bond acceptors (Lipinski definition) is 7. The number of nitro benzene ring substituents is 1. The maximum absolute atomic E-state index is 13.5. The van der Waals surface area contributed by atoms with Gasteiger partial charge in [0.15, 0.2) is 5.78 Å². The number of ketones is 1. The van der Waals surface area contributed by atoms with Gasteiger partial charge < -0.3 is 10.5 Å². The van der Waals surface area contributed by atoms with Gasteiger partial charge in [0.25, 0.3) is 5.69 Å². The number of ether oxygens (including phenoxy) is 1. The van der Waals surface area contributed by atoms with Crippen molar-refractivity contribution in [1.82, 2.24) is 0 Å². The average Bonchev–Trinajstić information content (AvgIpc) is 2.78. The van der Waals surface area contributed by atoms with E-state index in [9.17, 15) is 20.2 Å². The molecule has 0 saturated heterocycles. The minimum absolute atomic E-state index is 0.0548. The number of benzene rings is 2. The van der Waals surface area contributed by atoms with Crippen LogP contribution in [0, 0.1) is 26.9 Å². The normalized spacial score (nSPS) is 19.5. The van der Waals surface area contributed by atoms with E-state index in [0.717, 1.165) is 5.56 Å². The Morgan fingerprint density at radius 3 is 2.56 bits per heavy atom. The second-order valence-corrected chi connectivity index (χ2v) is 9.26. The molecule has 0 saturated carbocycles. The number of nitrogens with two attached hydrogens (primary N) is 1. The fourth-order valence-corrected chi connectivity index (χ4v) is 4.81. The van der Waals surface area contributed by atoms with Gasteiger partial charge in [0.1, 0.15) is 11.6 Å². The van der Waals surface area contributed by atoms with E-state index in [1.165, 1.54) is 12.1 Å². The molecule has 1 atom stereocenters. The van der Waals surface area contributed by atoms with Crippen LogP contribution in [0.5, 0.6) is 5.75 Å². The van der Waals surface area contributed by atoms with Crippen LogP contribution in [-0.2, 0) is 4.79 Å². The monoisotopic (exact) mass is 458 g/mol. The fourth-order valence-electron chi connectivity index (χ4n) is 4.81. The second-order valence-electron chi connectivity index (χ2n) is 9.26. The summed E-state index contributed by atoms with van der Waals surface area (Å²) in [5, 5.41) is 21.5. The van der Waals surface area contributed by atoms with Crippen LogP contribution in [0.2, 0.25) is 0 Å². The minimum atomic E-state index is -0.616. The zero-order chi connectivity index (χ0) is 24.6. The molecule has 4 rings (SSSR count). The molecular formula is C26H26N4O4. The maximum atomic E-state index is 13.5. The minimum Gasteiger partial charge on any atom is -0.494 e. The van der Waals surface area contributed by atoms with Crippen LogP contribution in [-0.4, -0.2) is 17.3 Å². The SMILES string of the molecule is CCOc1ccc([C@H]2C(C#N)=C(N)N(c3cccc([N+](=O)[O-])c3)C3=C2C(=O)CC(C)(C)C3)cc1. The number of rotatable bonds is 5. The van der Waals surface area contributed by atoms with Crippen LogP contribution in [0.4, 0.5) is 11.4 Å². The highest BCUT2D eigenvalue weighted by atomic mass is 16.6. The Hall–Kier alpha value is -4.12. The lowest BCUT2D eigenvalue weighted by atomic mass is 9.68. The highest BCUT2D eigenvalue weighted by Crippen LogP contribution is 2.50. The summed E-state index contributed by atoms with van der Waals surface area (Å²) in [6.45, 7) is 6.44. The summed E-state index contributed by atoms with van der Waals surface area (Å²) in [6, 6.07) is 15.6. The highest BCUT2D eigenvalue weighted by molar-refractivity contribution is 6.01. The summed E-state index contributed by atoms with van der Waals surface area (Å²) in [5.74, 6) is 0.197. The van der Waals surface area contributed by atoms with Crippen LogP contribution >= 0.6 is 0 Å². The molecule has 2 N–H and O–H groups in total. The van der Waals surface area contributed by atoms with Crippen molar-refractivity contribution in [2.75, 3.05) is 11.5 Å². The van der Waals surface area contributed by atoms with Crippen LogP contribution in [0.15, 0.2) is 71.2 Å². The lowest BCUT2D eigenvalue weighted by Gasteiger charge is -2.43. The predicted molar refractivity (Wildman–Crippen MR) is 128 cm³/mol. The number of non-ortho nitro benzene ring substituents is 1. The fraction of sp³-hybridized carbons (Fsp3) is 0.308. The molecule has 8 nitrogen and oxygen atoms in total. The Kier molecular flexibility index (Phi) is 5.88. The molecular weight excluding hydrogens is 432 g/mol. The van der Waals surface area contributed by atoms with Crippen molar-refractivity contribution < 1.29 is 14.5 Å². The third-order valence-electron chi connectivity index (χ3n) is 6.20. The number of nitro groups is 1. The second kappa shape index (κ2) is 8.67. The number of Topliss-reactive ketones (excluding diaryl/α,β-unsaturated/α-hetero) is 1. The van der Waals surface area contributed by atoms with Gasteiger partial charge >= 0.3 is 0 Å². The van der Waals surface area contributed by atoms with Crippen molar-refractivity contribution in [1.29, 1.82) is 5.26 Å². The van der Waals surface area contributed by atoms with Crippen molar-refractivity contribution in [2.45, 2.75) is 39.5 Å². The number of nitriles is 1. The number of hydrogen-bond donors (Lipinski definition) is 1. The Labute approximate surface area is 198 Å². The van der Waals surface area contributed by atoms with Crippen LogP contribution in [0.25, 0.3) is 0 Å². The van der Waals surface area contributed by atoms with E-state index in [4.69, 9.17) is 10.5 Å². The van der Waals surface area contributed by atoms with Gasteiger partial charge in [-0.3, -0.25) is 19.8 Å². The molecule has 2 aliphatic rings. The highest BCUT2D eigenvalue weighted by Gasteiger charge is 2.44. The Morgan fingerprint density at radius 1 is 1.24 bits per heavy atom. The van der Waals surface area contributed by atoms with E-state index in [-0.39, 0.29) is 28.3 Å². The van der Waals surface area contributed by atoms with Gasteiger partial charge in [-0.15, -0.1) is 0 Å². The molecule has 0 unspecified atom stereocenters. The molecule has 1 aliphatic carbocycles. The third-order valence-corrected chi connectivity index (χ3v) is 6.20. The first-order valence-corrected chi connectivity index (χ1v) is 11.1. The zero-order valence-electron chi connectivity index (χ0n) is 19.4. The molecule has 0 radical (unpaired) electrons. The first-order valence-electron chi connectivity index (χ1n) is 11.1. The summed E-state index contributed by atoms with van der Waals surface area (Å²) in [4.78, 5) is 26.1. The molecule has 0 amide bonds. The Morgan fingerprint density at radius 2 is 1.94 bits per heavy atom. The zero-order valence-corrected chi connectivity index (χ0v) is 19.4. The molecule has 0 spiro atoms. The van der Waals surface area contributed by atoms with Crippen molar-refractivity contribution in [3.63, 3.8) is 0 Å². The van der Waals surface area contributed by atoms with Crippen molar-refractivity contribution in [3.8, 4) is 11.8 Å². The van der Waals surface area contributed by atoms with Crippen molar-refractivity contribution in [2.24, 2.45) is 11.1 Å². The number of carbonyl (C=O) groups is 1. The van der Waals surface area contributed by atoms with Gasteiger partial charge in [0.05, 0.1) is 34.8 Å². The summed E-state index contributed by atoms with van der Waals surface area (Å²) < 4.78 is 5.54. The van der Waals surface area contributed by atoms with Crippen molar-refractivity contribution >= 4 is 17.2 Å². The average molecular weight is 459 g/mol. The van der Waals surface area contributed by atoms with Gasteiger partial charge in [0, 0.05) is 29.8 Å². The molecule has 34 heavy (non-hydrogen) atoms. The van der Waals surface area contributed by atoms with Gasteiger partial charge in [-0.05, 0) is 42.5 Å². The summed E-state index contributed by atoms with van der Waals surface area (Å²) in [6.07, 6.45) is 0.866. The van der Waals surface area contributed by atoms with Gasteiger partial charge in [-0.2, -0.15) is 5.26 Å². The van der Waals surface area contributed by atoms with Gasteiger partial charge in [-0.25, -0.2) is 0 Å². The molecule has 0 fully saturated rings. The largest absolute Gasteiger partial charge is 0.494 e. The molecule has 1 aliphatic heterocycles. The first-order chi connectivity index (χ1) is 16.2. The molecule has 0 bridgehead atoms. The van der Waals surface area contributed by atoms with E-state index >= 15 is 0 Å². The third kappa shape index (κ3) is 4.01. The van der Waals surface area contributed by atoms with E-state index < -0.39 is 10.8 Å². The topological polar surface area (TPSA) is 122 Å². The molecule has 2 aromatic rings. The molecule has 2 aromatic carbocycles.